The minimum Gasteiger partial charge on any atom is -0.488 e. The number of aliphatic hydroxyl groups is 1. The van der Waals surface area contributed by atoms with Crippen LogP contribution in [0.3, 0.4) is 0 Å². The molecule has 204 valence electrons. The van der Waals surface area contributed by atoms with Crippen LogP contribution in [-0.4, -0.2) is 74.7 Å². The highest BCUT2D eigenvalue weighted by molar-refractivity contribution is 7.94. The van der Waals surface area contributed by atoms with Crippen LogP contribution < -0.4 is 9.46 Å². The largest absolute Gasteiger partial charge is 0.488 e. The highest BCUT2D eigenvalue weighted by Gasteiger charge is 2.34. The first-order chi connectivity index (χ1) is 17.7. The van der Waals surface area contributed by atoms with Gasteiger partial charge in [-0.3, -0.25) is 9.52 Å². The summed E-state index contributed by atoms with van der Waals surface area (Å²) in [6, 6.07) is 7.68. The molecule has 2 N–H and O–H groups in total. The highest BCUT2D eigenvalue weighted by atomic mass is 32.2. The molecule has 2 aromatic rings. The lowest BCUT2D eigenvalue weighted by Gasteiger charge is -2.38. The molecule has 1 fully saturated rings. The van der Waals surface area contributed by atoms with Crippen molar-refractivity contribution in [3.63, 3.8) is 0 Å². The predicted octanol–water partition coefficient (Wildman–Crippen LogP) is 4.28. The first-order valence-corrected chi connectivity index (χ1v) is 15.5. The molecular formula is C27H39N3O5S2. The minimum absolute atomic E-state index is 0.0388. The maximum atomic E-state index is 13.6. The molecule has 1 amide bonds. The van der Waals surface area contributed by atoms with Gasteiger partial charge in [-0.2, -0.15) is 0 Å². The van der Waals surface area contributed by atoms with Crippen LogP contribution >= 0.6 is 11.3 Å². The molecule has 1 aliphatic carbocycles. The number of sulfonamides is 1. The number of carbonyl (C=O) groups is 1. The van der Waals surface area contributed by atoms with Gasteiger partial charge in [-0.15, -0.1) is 11.3 Å². The minimum atomic E-state index is -3.76. The van der Waals surface area contributed by atoms with Gasteiger partial charge in [0, 0.05) is 31.2 Å². The second kappa shape index (κ2) is 12.1. The molecule has 4 rings (SSSR count). The number of nitrogens with one attached hydrogen (secondary N) is 1. The molecule has 0 spiro atoms. The maximum Gasteiger partial charge on any atom is 0.271 e. The summed E-state index contributed by atoms with van der Waals surface area (Å²) in [5.41, 5.74) is 0.582. The number of rotatable bonds is 9. The molecule has 37 heavy (non-hydrogen) atoms. The van der Waals surface area contributed by atoms with Crippen molar-refractivity contribution in [2.75, 3.05) is 38.0 Å². The van der Waals surface area contributed by atoms with Crippen LogP contribution in [-0.2, 0) is 10.0 Å². The lowest BCUT2D eigenvalue weighted by atomic mass is 9.89. The van der Waals surface area contributed by atoms with E-state index in [0.29, 0.717) is 29.5 Å². The normalized spacial score (nSPS) is 22.2. The molecule has 10 heteroatoms. The average molecular weight is 550 g/mol. The lowest BCUT2D eigenvalue weighted by molar-refractivity contribution is 0.0330. The number of carbonyl (C=O) groups excluding carboxylic acids is 1. The predicted molar refractivity (Wildman–Crippen MR) is 147 cm³/mol. The Morgan fingerprint density at radius 2 is 1.97 bits per heavy atom. The number of ether oxygens (including phenoxy) is 1. The molecule has 0 bridgehead atoms. The van der Waals surface area contributed by atoms with Crippen LogP contribution in [0.4, 0.5) is 5.69 Å². The van der Waals surface area contributed by atoms with Crippen molar-refractivity contribution in [3.8, 4) is 5.75 Å². The average Bonchev–Trinajstić information content (AvgIpc) is 3.43. The molecule has 1 aromatic carbocycles. The van der Waals surface area contributed by atoms with Gasteiger partial charge < -0.3 is 19.6 Å². The van der Waals surface area contributed by atoms with Crippen LogP contribution in [0.25, 0.3) is 0 Å². The Kier molecular flexibility index (Phi) is 9.15. The summed E-state index contributed by atoms with van der Waals surface area (Å²) in [6.45, 7) is 5.93. The van der Waals surface area contributed by atoms with Crippen LogP contribution in [0.1, 0.15) is 56.3 Å². The fraction of sp³-hybridized carbons (Fsp3) is 0.593. The van der Waals surface area contributed by atoms with Crippen molar-refractivity contribution in [2.24, 2.45) is 11.8 Å². The summed E-state index contributed by atoms with van der Waals surface area (Å²) in [5.74, 6) is 0.898. The van der Waals surface area contributed by atoms with Gasteiger partial charge in [-0.1, -0.05) is 32.3 Å². The quantitative estimate of drug-likeness (QED) is 0.484. The Morgan fingerprint density at radius 1 is 1.22 bits per heavy atom. The van der Waals surface area contributed by atoms with Crippen molar-refractivity contribution >= 4 is 33.0 Å². The second-order valence-electron chi connectivity index (χ2n) is 10.6. The van der Waals surface area contributed by atoms with E-state index in [4.69, 9.17) is 4.74 Å². The van der Waals surface area contributed by atoms with Gasteiger partial charge in [0.1, 0.15) is 16.1 Å². The van der Waals surface area contributed by atoms with Crippen molar-refractivity contribution in [1.29, 1.82) is 0 Å². The Hall–Kier alpha value is -2.14. The van der Waals surface area contributed by atoms with E-state index in [1.807, 2.05) is 6.92 Å². The van der Waals surface area contributed by atoms with E-state index < -0.39 is 10.0 Å². The van der Waals surface area contributed by atoms with E-state index in [1.165, 1.54) is 38.2 Å². The molecule has 0 radical (unpaired) electrons. The molecule has 1 saturated carbocycles. The summed E-state index contributed by atoms with van der Waals surface area (Å²) in [4.78, 5) is 17.6. The van der Waals surface area contributed by atoms with Crippen LogP contribution in [0, 0.1) is 11.8 Å². The molecule has 2 heterocycles. The van der Waals surface area contributed by atoms with Crippen molar-refractivity contribution in [1.82, 2.24) is 9.80 Å². The topological polar surface area (TPSA) is 99.2 Å². The summed E-state index contributed by atoms with van der Waals surface area (Å²) in [5, 5.41) is 11.6. The van der Waals surface area contributed by atoms with Crippen molar-refractivity contribution in [2.45, 2.75) is 62.3 Å². The summed E-state index contributed by atoms with van der Waals surface area (Å²) in [7, 11) is -1.63. The van der Waals surface area contributed by atoms with E-state index in [2.05, 4.69) is 23.6 Å². The monoisotopic (exact) mass is 549 g/mol. The van der Waals surface area contributed by atoms with Gasteiger partial charge in [0.15, 0.2) is 0 Å². The number of likely N-dealkylation sites (N-methyl/N-ethyl adjacent to an activating group) is 1. The molecule has 1 aliphatic heterocycles. The van der Waals surface area contributed by atoms with E-state index in [9.17, 15) is 18.3 Å². The Morgan fingerprint density at radius 3 is 2.65 bits per heavy atom. The molecule has 1 aromatic heterocycles. The third kappa shape index (κ3) is 6.85. The first kappa shape index (κ1) is 27.9. The van der Waals surface area contributed by atoms with Gasteiger partial charge in [0.2, 0.25) is 0 Å². The zero-order valence-electron chi connectivity index (χ0n) is 21.9. The molecule has 0 saturated heterocycles. The standard InChI is InChI=1S/C27H39N3O5S2/c1-19-15-30(20(2)18-31)27(32)23-14-22(28-37(33,34)26-10-7-13-36-26)11-12-24(23)35-25(19)17-29(3)16-21-8-5-4-6-9-21/h7,10-14,19-21,25,28,31H,4-6,8-9,15-18H2,1-3H3/t19-,20+,25+/m0/s1. The second-order valence-corrected chi connectivity index (χ2v) is 13.5. The van der Waals surface area contributed by atoms with E-state index in [0.717, 1.165) is 24.4 Å². The molecule has 3 atom stereocenters. The molecule has 8 nitrogen and oxygen atoms in total. The number of hydrogen-bond donors (Lipinski definition) is 2. The number of thiophene rings is 1. The fourth-order valence-corrected chi connectivity index (χ4v) is 7.36. The van der Waals surface area contributed by atoms with Gasteiger partial charge >= 0.3 is 0 Å². The Bertz CT molecular complexity index is 1150. The van der Waals surface area contributed by atoms with Crippen LogP contribution in [0.5, 0.6) is 5.75 Å². The highest BCUT2D eigenvalue weighted by Crippen LogP contribution is 2.32. The van der Waals surface area contributed by atoms with Crippen LogP contribution in [0.15, 0.2) is 39.9 Å². The number of amides is 1. The smallest absolute Gasteiger partial charge is 0.271 e. The third-order valence-electron chi connectivity index (χ3n) is 7.46. The van der Waals surface area contributed by atoms with Crippen molar-refractivity contribution in [3.05, 3.63) is 41.3 Å². The number of fused-ring (bicyclic) bond motifs is 1. The van der Waals surface area contributed by atoms with E-state index >= 15 is 0 Å². The van der Waals surface area contributed by atoms with Gasteiger partial charge in [-0.05, 0) is 62.4 Å². The Balaban J connectivity index is 1.60. The third-order valence-corrected chi connectivity index (χ3v) is 10.2. The van der Waals surface area contributed by atoms with E-state index in [-0.39, 0.29) is 34.8 Å². The molecular weight excluding hydrogens is 510 g/mol. The zero-order valence-corrected chi connectivity index (χ0v) is 23.6. The zero-order chi connectivity index (χ0) is 26.6. The number of nitrogens with zero attached hydrogens (tertiary/aromatic N) is 2. The van der Waals surface area contributed by atoms with Crippen molar-refractivity contribution < 1.29 is 23.1 Å². The number of anilines is 1. The summed E-state index contributed by atoms with van der Waals surface area (Å²) >= 11 is 1.13. The molecule has 2 aliphatic rings. The maximum absolute atomic E-state index is 13.6. The van der Waals surface area contributed by atoms with Gasteiger partial charge in [0.25, 0.3) is 15.9 Å². The summed E-state index contributed by atoms with van der Waals surface area (Å²) in [6.07, 6.45) is 6.32. The number of aliphatic hydroxyl groups excluding tert-OH is 1. The van der Waals surface area contributed by atoms with Gasteiger partial charge in [0.05, 0.1) is 18.2 Å². The number of benzene rings is 1. The lowest BCUT2D eigenvalue weighted by Crippen LogP contribution is -2.50. The summed E-state index contributed by atoms with van der Waals surface area (Å²) < 4.78 is 34.8. The number of hydrogen-bond acceptors (Lipinski definition) is 7. The van der Waals surface area contributed by atoms with Gasteiger partial charge in [-0.25, -0.2) is 8.42 Å². The molecule has 0 unspecified atom stereocenters. The van der Waals surface area contributed by atoms with E-state index in [1.54, 1.807) is 34.5 Å². The SMILES string of the molecule is C[C@H](CO)N1C[C@H](C)[C@@H](CN(C)CC2CCCCC2)Oc2ccc(NS(=O)(=O)c3cccs3)cc2C1=O. The fourth-order valence-electron chi connectivity index (χ4n) is 5.32. The Labute approximate surface area is 224 Å². The first-order valence-electron chi connectivity index (χ1n) is 13.2. The van der Waals surface area contributed by atoms with Crippen LogP contribution in [0.2, 0.25) is 0 Å².